The minimum absolute atomic E-state index is 0.168. The summed E-state index contributed by atoms with van der Waals surface area (Å²) in [6.07, 6.45) is -3.35. The van der Waals surface area contributed by atoms with Crippen molar-refractivity contribution in [2.45, 2.75) is 89.1 Å². The minimum atomic E-state index is -1.77. The summed E-state index contributed by atoms with van der Waals surface area (Å²) in [4.78, 5) is 0. The number of hydrogen-bond donors (Lipinski definition) is 4. The Hall–Kier alpha value is -3.26. The maximum Gasteiger partial charge on any atom is 0.224 e. The largest absolute Gasteiger partial charge is 0.497 e. The number of aliphatic hydroxyl groups is 4. The van der Waals surface area contributed by atoms with Crippen molar-refractivity contribution in [3.05, 3.63) is 128 Å². The lowest BCUT2D eigenvalue weighted by molar-refractivity contribution is -0.366. The Bertz CT molecular complexity index is 1780. The summed E-state index contributed by atoms with van der Waals surface area (Å²) in [5, 5.41) is 41.7. The molecule has 0 spiro atoms. The normalized spacial score (nSPS) is 29.6. The molecule has 0 saturated carbocycles. The molecule has 2 fully saturated rings. The fourth-order valence-corrected chi connectivity index (χ4v) is 8.53. The number of methoxy groups -OCH3 is 4. The Balaban J connectivity index is 0.000000221. The van der Waals surface area contributed by atoms with E-state index in [1.807, 2.05) is 42.5 Å². The Morgan fingerprint density at radius 3 is 1.47 bits per heavy atom. The van der Waals surface area contributed by atoms with Gasteiger partial charge in [-0.2, -0.15) is 0 Å². The van der Waals surface area contributed by atoms with Crippen LogP contribution in [0.5, 0.6) is 11.5 Å². The van der Waals surface area contributed by atoms with E-state index < -0.39 is 42.6 Å². The Labute approximate surface area is 352 Å². The van der Waals surface area contributed by atoms with E-state index in [0.717, 1.165) is 51.6 Å². The second kappa shape index (κ2) is 19.9. The lowest BCUT2D eigenvalue weighted by Gasteiger charge is -2.51. The van der Waals surface area contributed by atoms with E-state index in [-0.39, 0.29) is 12.0 Å². The molecule has 4 aromatic rings. The molecule has 0 radical (unpaired) electrons. The van der Waals surface area contributed by atoms with Crippen molar-refractivity contribution < 1.29 is 48.8 Å². The molecule has 58 heavy (non-hydrogen) atoms. The molecule has 2 aliphatic heterocycles. The molecule has 0 bridgehead atoms. The van der Waals surface area contributed by atoms with E-state index in [2.05, 4.69) is 52.0 Å². The van der Waals surface area contributed by atoms with Crippen molar-refractivity contribution in [2.75, 3.05) is 35.0 Å². The molecule has 6 rings (SSSR count). The van der Waals surface area contributed by atoms with Crippen LogP contribution < -0.4 is 9.47 Å². The summed E-state index contributed by atoms with van der Waals surface area (Å²) in [6.45, 7) is 8.45. The standard InChI is InChI=1S/C25H33ClO3.C21H25ClO7/c1-7-24-17(3)16(2)18(4)25(28-6,29-24)21-10-13-23(26)20(15-21)14-19-8-11-22(27-5)12-9-19;1-27-15-6-3-12(4-7-15)9-13-10-14(5-8-16(13)22)21(28-2)20(26)19(25)18(24)17(11-23)29-21/h8-13,15-18,24H,7,14H2,1-6H3;3-8,10,17-20,23-26H,9,11H2,1-2H3/t16-,17-,18+,24+,25+;17-,18-,19+,20-,21+/m01/s1. The van der Waals surface area contributed by atoms with Crippen molar-refractivity contribution in [2.24, 2.45) is 17.8 Å². The zero-order chi connectivity index (χ0) is 42.4. The van der Waals surface area contributed by atoms with Crippen LogP contribution in [0.3, 0.4) is 0 Å². The van der Waals surface area contributed by atoms with E-state index in [4.69, 9.17) is 51.6 Å². The van der Waals surface area contributed by atoms with Crippen LogP contribution in [0.25, 0.3) is 0 Å². The third-order valence-corrected chi connectivity index (χ3v) is 12.8. The molecule has 0 aliphatic carbocycles. The van der Waals surface area contributed by atoms with Crippen LogP contribution in [-0.4, -0.2) is 86.0 Å². The van der Waals surface area contributed by atoms with Gasteiger partial charge in [-0.25, -0.2) is 0 Å². The Kier molecular flexibility index (Phi) is 15.7. The van der Waals surface area contributed by atoms with Crippen molar-refractivity contribution in [3.63, 3.8) is 0 Å². The molecular formula is C46H58Cl2O10. The van der Waals surface area contributed by atoms with Crippen LogP contribution in [0.1, 0.15) is 67.5 Å². The summed E-state index contributed by atoms with van der Waals surface area (Å²) in [6, 6.07) is 26.8. The van der Waals surface area contributed by atoms with Gasteiger partial charge in [0.1, 0.15) is 35.9 Å². The molecule has 0 amide bonds. The first-order valence-electron chi connectivity index (χ1n) is 19.7. The predicted molar refractivity (Wildman–Crippen MR) is 225 cm³/mol. The van der Waals surface area contributed by atoms with E-state index in [1.54, 1.807) is 39.5 Å². The van der Waals surface area contributed by atoms with Crippen LogP contribution in [0.2, 0.25) is 10.0 Å². The van der Waals surface area contributed by atoms with Gasteiger partial charge in [-0.05, 0) is 102 Å². The molecule has 316 valence electrons. The number of benzene rings is 4. The molecule has 2 saturated heterocycles. The van der Waals surface area contributed by atoms with Crippen molar-refractivity contribution in [1.82, 2.24) is 0 Å². The molecule has 12 heteroatoms. The van der Waals surface area contributed by atoms with Gasteiger partial charge in [-0.3, -0.25) is 0 Å². The van der Waals surface area contributed by atoms with Crippen LogP contribution in [0.4, 0.5) is 0 Å². The molecule has 0 unspecified atom stereocenters. The highest BCUT2D eigenvalue weighted by molar-refractivity contribution is 6.31. The maximum atomic E-state index is 10.6. The summed E-state index contributed by atoms with van der Waals surface area (Å²) >= 11 is 12.9. The summed E-state index contributed by atoms with van der Waals surface area (Å²) in [5.74, 6) is 0.259. The van der Waals surface area contributed by atoms with Gasteiger partial charge in [-0.1, -0.05) is 87.3 Å². The van der Waals surface area contributed by atoms with E-state index in [9.17, 15) is 20.4 Å². The monoisotopic (exact) mass is 840 g/mol. The topological polar surface area (TPSA) is 136 Å². The fraction of sp³-hybridized carbons (Fsp3) is 0.478. The van der Waals surface area contributed by atoms with Crippen LogP contribution in [0.15, 0.2) is 84.9 Å². The van der Waals surface area contributed by atoms with E-state index in [1.165, 1.54) is 12.7 Å². The lowest BCUT2D eigenvalue weighted by Crippen LogP contribution is -2.64. The zero-order valence-electron chi connectivity index (χ0n) is 34.5. The SMILES string of the molecule is CC[C@H]1O[C@@](OC)(c2ccc(Cl)c(Cc3ccc(OC)cc3)c2)[C@H](C)[C@@H](C)[C@@H]1C.COc1ccc(Cc2cc([C@]3(OC)O[C@H](CO)[C@@H](O)[C@H](O)[C@H]3O)ccc2Cl)cc1. The minimum Gasteiger partial charge on any atom is -0.497 e. The maximum absolute atomic E-state index is 10.6. The van der Waals surface area contributed by atoms with Crippen LogP contribution >= 0.6 is 23.2 Å². The first kappa shape index (κ1) is 45.8. The average Bonchev–Trinajstić information content (AvgIpc) is 3.25. The number of aliphatic hydroxyl groups excluding tert-OH is 4. The molecule has 2 aliphatic rings. The highest BCUT2D eigenvalue weighted by atomic mass is 35.5. The predicted octanol–water partition coefficient (Wildman–Crippen LogP) is 7.67. The highest BCUT2D eigenvalue weighted by Gasteiger charge is 2.55. The van der Waals surface area contributed by atoms with Gasteiger partial charge in [0.2, 0.25) is 5.79 Å². The molecule has 0 aromatic heterocycles. The molecule has 4 N–H and O–H groups in total. The van der Waals surface area contributed by atoms with Gasteiger partial charge in [0.15, 0.2) is 5.79 Å². The quantitative estimate of drug-likeness (QED) is 0.113. The average molecular weight is 842 g/mol. The smallest absolute Gasteiger partial charge is 0.224 e. The number of hydrogen-bond acceptors (Lipinski definition) is 10. The first-order valence-corrected chi connectivity index (χ1v) is 20.4. The van der Waals surface area contributed by atoms with Gasteiger partial charge in [-0.15, -0.1) is 0 Å². The van der Waals surface area contributed by atoms with E-state index >= 15 is 0 Å². The van der Waals surface area contributed by atoms with Gasteiger partial charge in [0.25, 0.3) is 0 Å². The third kappa shape index (κ3) is 9.37. The summed E-state index contributed by atoms with van der Waals surface area (Å²) < 4.78 is 34.4. The first-order chi connectivity index (χ1) is 27.7. The van der Waals surface area contributed by atoms with Crippen molar-refractivity contribution >= 4 is 23.2 Å². The zero-order valence-corrected chi connectivity index (χ0v) is 36.0. The fourth-order valence-electron chi connectivity index (χ4n) is 8.16. The molecular weight excluding hydrogens is 783 g/mol. The van der Waals surface area contributed by atoms with Gasteiger partial charge in [0.05, 0.1) is 26.9 Å². The molecule has 4 aromatic carbocycles. The number of rotatable bonds is 12. The number of ether oxygens (including phenoxy) is 6. The van der Waals surface area contributed by atoms with Crippen molar-refractivity contribution in [3.8, 4) is 11.5 Å². The van der Waals surface area contributed by atoms with Crippen molar-refractivity contribution in [1.29, 1.82) is 0 Å². The molecule has 10 nitrogen and oxygen atoms in total. The Morgan fingerprint density at radius 1 is 0.603 bits per heavy atom. The summed E-state index contributed by atoms with van der Waals surface area (Å²) in [7, 11) is 6.35. The van der Waals surface area contributed by atoms with Gasteiger partial charge >= 0.3 is 0 Å². The van der Waals surface area contributed by atoms with Crippen LogP contribution in [0, 0.1) is 17.8 Å². The third-order valence-electron chi connectivity index (χ3n) is 12.1. The Morgan fingerprint density at radius 2 is 1.05 bits per heavy atom. The van der Waals surface area contributed by atoms with E-state index in [0.29, 0.717) is 28.8 Å². The molecule has 10 atom stereocenters. The summed E-state index contributed by atoms with van der Waals surface area (Å²) in [5.41, 5.74) is 5.44. The highest BCUT2D eigenvalue weighted by Crippen LogP contribution is 2.49. The lowest BCUT2D eigenvalue weighted by atomic mass is 9.72. The molecule has 2 heterocycles. The van der Waals surface area contributed by atoms with Crippen LogP contribution in [-0.2, 0) is 43.4 Å². The number of halogens is 2. The van der Waals surface area contributed by atoms with Gasteiger partial charge < -0.3 is 48.8 Å². The second-order valence-corrected chi connectivity index (χ2v) is 16.1. The van der Waals surface area contributed by atoms with Gasteiger partial charge in [0, 0.05) is 41.3 Å². The second-order valence-electron chi connectivity index (χ2n) is 15.2.